The molecule has 0 radical (unpaired) electrons. The van der Waals surface area contributed by atoms with Gasteiger partial charge in [-0.25, -0.2) is 0 Å². The average molecular weight is 379 g/mol. The summed E-state index contributed by atoms with van der Waals surface area (Å²) in [5, 5.41) is 7.94. The molecule has 1 aliphatic rings. The van der Waals surface area contributed by atoms with Gasteiger partial charge >= 0.3 is 0 Å². The van der Waals surface area contributed by atoms with Crippen LogP contribution < -0.4 is 15.0 Å². The first-order chi connectivity index (χ1) is 13.5. The number of hydrogen-bond donors (Lipinski definition) is 1. The Labute approximate surface area is 162 Å². The smallest absolute Gasteiger partial charge is 0.270 e. The quantitative estimate of drug-likeness (QED) is 0.753. The third-order valence-electron chi connectivity index (χ3n) is 4.77. The number of carbonyl (C=O) groups excluding carboxylic acids is 2. The fraction of sp³-hybridized carbons (Fsp3) is 0.300. The molecule has 28 heavy (non-hydrogen) atoms. The largest absolute Gasteiger partial charge is 0.489 e. The molecule has 0 bridgehead atoms. The summed E-state index contributed by atoms with van der Waals surface area (Å²) in [5.41, 5.74) is 1.72. The van der Waals surface area contributed by atoms with Gasteiger partial charge in [0, 0.05) is 24.7 Å². The van der Waals surface area contributed by atoms with Crippen molar-refractivity contribution < 1.29 is 14.3 Å². The molecule has 0 saturated heterocycles. The van der Waals surface area contributed by atoms with Crippen LogP contribution in [0.4, 0.5) is 5.69 Å². The molecule has 3 aromatic rings. The van der Waals surface area contributed by atoms with E-state index in [0.717, 1.165) is 10.9 Å². The molecule has 2 aromatic heterocycles. The number of fused-ring (bicyclic) bond motifs is 2. The van der Waals surface area contributed by atoms with Crippen molar-refractivity contribution in [3.63, 3.8) is 0 Å². The molecule has 8 nitrogen and oxygen atoms in total. The van der Waals surface area contributed by atoms with Gasteiger partial charge in [-0.3, -0.25) is 19.3 Å². The number of likely N-dealkylation sites (N-methyl/N-ethyl adjacent to an activating group) is 1. The Morgan fingerprint density at radius 2 is 2.07 bits per heavy atom. The second-order valence-corrected chi connectivity index (χ2v) is 7.01. The van der Waals surface area contributed by atoms with E-state index in [1.54, 1.807) is 37.6 Å². The van der Waals surface area contributed by atoms with E-state index >= 15 is 0 Å². The Kier molecular flexibility index (Phi) is 4.46. The van der Waals surface area contributed by atoms with Crippen molar-refractivity contribution in [3.8, 4) is 5.75 Å². The number of ether oxygens (including phenoxy) is 1. The lowest BCUT2D eigenvalue weighted by Crippen LogP contribution is -2.49. The molecule has 1 N–H and O–H groups in total. The summed E-state index contributed by atoms with van der Waals surface area (Å²) < 4.78 is 7.57. The molecule has 1 atom stereocenters. The number of anilines is 1. The predicted molar refractivity (Wildman–Crippen MR) is 105 cm³/mol. The van der Waals surface area contributed by atoms with Gasteiger partial charge in [0.25, 0.3) is 11.8 Å². The van der Waals surface area contributed by atoms with E-state index < -0.39 is 11.9 Å². The van der Waals surface area contributed by atoms with Gasteiger partial charge in [0.15, 0.2) is 0 Å². The van der Waals surface area contributed by atoms with Crippen LogP contribution in [-0.2, 0) is 4.79 Å². The molecule has 0 fully saturated rings. The number of nitrogens with one attached hydrogen (secondary N) is 1. The lowest BCUT2D eigenvalue weighted by molar-refractivity contribution is -0.120. The second kappa shape index (κ2) is 6.95. The average Bonchev–Trinajstić information content (AvgIpc) is 3.09. The summed E-state index contributed by atoms with van der Waals surface area (Å²) in [6.07, 6.45) is 3.34. The van der Waals surface area contributed by atoms with Gasteiger partial charge in [-0.15, -0.1) is 0 Å². The van der Waals surface area contributed by atoms with Gasteiger partial charge in [-0.2, -0.15) is 5.10 Å². The highest BCUT2D eigenvalue weighted by atomic mass is 16.5. The fourth-order valence-electron chi connectivity index (χ4n) is 3.26. The van der Waals surface area contributed by atoms with E-state index in [1.807, 2.05) is 30.7 Å². The normalized spacial score (nSPS) is 16.6. The summed E-state index contributed by atoms with van der Waals surface area (Å²) in [7, 11) is 1.67. The highest BCUT2D eigenvalue weighted by Gasteiger charge is 2.30. The van der Waals surface area contributed by atoms with Crippen LogP contribution >= 0.6 is 0 Å². The maximum absolute atomic E-state index is 12.8. The zero-order valence-electron chi connectivity index (χ0n) is 15.9. The number of aromatic nitrogens is 3. The Morgan fingerprint density at radius 3 is 2.86 bits per heavy atom. The number of hydrogen-bond acceptors (Lipinski definition) is 5. The summed E-state index contributed by atoms with van der Waals surface area (Å²) in [4.78, 5) is 31.3. The molecule has 0 unspecified atom stereocenters. The zero-order chi connectivity index (χ0) is 19.8. The van der Waals surface area contributed by atoms with E-state index in [4.69, 9.17) is 4.74 Å². The van der Waals surface area contributed by atoms with Gasteiger partial charge in [-0.05, 0) is 32.0 Å². The number of pyridine rings is 1. The molecule has 1 aliphatic heterocycles. The van der Waals surface area contributed by atoms with Gasteiger partial charge in [0.2, 0.25) is 0 Å². The van der Waals surface area contributed by atoms with Gasteiger partial charge in [0.1, 0.15) is 24.1 Å². The Morgan fingerprint density at radius 1 is 1.29 bits per heavy atom. The molecule has 1 aromatic carbocycles. The number of carbonyl (C=O) groups is 2. The van der Waals surface area contributed by atoms with Crippen LogP contribution in [0.25, 0.3) is 10.9 Å². The van der Waals surface area contributed by atoms with Crippen molar-refractivity contribution >= 4 is 28.4 Å². The minimum atomic E-state index is -0.808. The van der Waals surface area contributed by atoms with Crippen LogP contribution in [0.2, 0.25) is 0 Å². The molecule has 0 aliphatic carbocycles. The van der Waals surface area contributed by atoms with E-state index in [1.165, 1.54) is 4.90 Å². The first-order valence-corrected chi connectivity index (χ1v) is 9.09. The summed E-state index contributed by atoms with van der Waals surface area (Å²) in [6, 6.07) is 8.32. The van der Waals surface area contributed by atoms with Crippen molar-refractivity contribution in [2.75, 3.05) is 18.6 Å². The number of nitrogens with zero attached hydrogens (tertiary/aromatic N) is 4. The number of benzene rings is 1. The Balaban J connectivity index is 1.57. The molecule has 144 valence electrons. The molecule has 2 amide bonds. The number of amides is 2. The topological polar surface area (TPSA) is 89.3 Å². The Hall–Kier alpha value is -3.42. The maximum atomic E-state index is 12.8. The van der Waals surface area contributed by atoms with Crippen LogP contribution in [-0.4, -0.2) is 46.3 Å². The second-order valence-electron chi connectivity index (χ2n) is 7.01. The molecular formula is C20H21N5O3. The highest BCUT2D eigenvalue weighted by Crippen LogP contribution is 2.29. The van der Waals surface area contributed by atoms with Crippen molar-refractivity contribution in [2.24, 2.45) is 0 Å². The molecule has 0 saturated carbocycles. The van der Waals surface area contributed by atoms with Crippen molar-refractivity contribution in [1.82, 2.24) is 20.1 Å². The van der Waals surface area contributed by atoms with Crippen LogP contribution in [0, 0.1) is 0 Å². The SMILES string of the molecule is CC(C)n1ncc2cnc(C(=O)N[C@H]3COc4ccccc4N(C)C3=O)cc21. The van der Waals surface area contributed by atoms with Crippen LogP contribution in [0.15, 0.2) is 42.7 Å². The predicted octanol–water partition coefficient (Wildman–Crippen LogP) is 2.17. The molecule has 4 rings (SSSR count). The summed E-state index contributed by atoms with van der Waals surface area (Å²) >= 11 is 0. The third kappa shape index (κ3) is 3.06. The standard InChI is InChI=1S/C20H21N5O3/c1-12(2)25-17-8-14(21-9-13(17)10-22-25)19(26)23-15-11-28-18-7-5-4-6-16(18)24(3)20(15)27/h4-10,12,15H,11H2,1-3H3,(H,23,26)/t15-/m0/s1. The summed E-state index contributed by atoms with van der Waals surface area (Å²) in [6.45, 7) is 4.08. The minimum absolute atomic E-state index is 0.0537. The van der Waals surface area contributed by atoms with Crippen LogP contribution in [0.5, 0.6) is 5.75 Å². The lowest BCUT2D eigenvalue weighted by atomic mass is 10.2. The fourth-order valence-corrected chi connectivity index (χ4v) is 3.26. The van der Waals surface area contributed by atoms with Gasteiger partial charge < -0.3 is 15.0 Å². The third-order valence-corrected chi connectivity index (χ3v) is 4.77. The highest BCUT2D eigenvalue weighted by molar-refractivity contribution is 6.03. The van der Waals surface area contributed by atoms with E-state index in [9.17, 15) is 9.59 Å². The molecule has 0 spiro atoms. The van der Waals surface area contributed by atoms with Gasteiger partial charge in [-0.1, -0.05) is 12.1 Å². The molecule has 3 heterocycles. The first kappa shape index (κ1) is 18.0. The van der Waals surface area contributed by atoms with E-state index in [2.05, 4.69) is 15.4 Å². The van der Waals surface area contributed by atoms with Gasteiger partial charge in [0.05, 0.1) is 17.4 Å². The van der Waals surface area contributed by atoms with Crippen molar-refractivity contribution in [2.45, 2.75) is 25.9 Å². The monoisotopic (exact) mass is 379 g/mol. The van der Waals surface area contributed by atoms with Crippen LogP contribution in [0.1, 0.15) is 30.4 Å². The minimum Gasteiger partial charge on any atom is -0.489 e. The number of rotatable bonds is 3. The number of para-hydroxylation sites is 2. The van der Waals surface area contributed by atoms with Crippen molar-refractivity contribution in [1.29, 1.82) is 0 Å². The van der Waals surface area contributed by atoms with E-state index in [-0.39, 0.29) is 24.2 Å². The maximum Gasteiger partial charge on any atom is 0.270 e. The zero-order valence-corrected chi connectivity index (χ0v) is 15.9. The summed E-state index contributed by atoms with van der Waals surface area (Å²) in [5.74, 6) is -0.0678. The lowest BCUT2D eigenvalue weighted by Gasteiger charge is -2.20. The first-order valence-electron chi connectivity index (χ1n) is 9.09. The molecular weight excluding hydrogens is 358 g/mol. The van der Waals surface area contributed by atoms with Crippen molar-refractivity contribution in [3.05, 3.63) is 48.4 Å². The molecule has 8 heteroatoms. The van der Waals surface area contributed by atoms with Crippen LogP contribution in [0.3, 0.4) is 0 Å². The Bertz CT molecular complexity index is 1060. The van der Waals surface area contributed by atoms with E-state index in [0.29, 0.717) is 11.4 Å².